The van der Waals surface area contributed by atoms with Crippen LogP contribution < -0.4 is 5.32 Å². The molecule has 0 saturated carbocycles. The van der Waals surface area contributed by atoms with Crippen molar-refractivity contribution in [3.8, 4) is 0 Å². The van der Waals surface area contributed by atoms with Gasteiger partial charge >= 0.3 is 13.8 Å². The Balaban J connectivity index is 5.18. The number of amides is 1. The number of nitrogens with one attached hydrogen (secondary N) is 1. The summed E-state index contributed by atoms with van der Waals surface area (Å²) in [5, 5.41) is 3.06. The number of likely N-dealkylation sites (N-methyl/N-ethyl adjacent to an activating group) is 1. The van der Waals surface area contributed by atoms with E-state index in [0.29, 0.717) is 23.9 Å². The van der Waals surface area contributed by atoms with Gasteiger partial charge in [-0.1, -0.05) is 270 Å². The Morgan fingerprint density at radius 2 is 0.795 bits per heavy atom. The molecule has 2 N–H and O–H groups in total. The molecule has 0 rings (SSSR count). The van der Waals surface area contributed by atoms with Gasteiger partial charge in [0.2, 0.25) is 5.91 Å². The van der Waals surface area contributed by atoms with Gasteiger partial charge in [-0.15, -0.1) is 0 Å². The van der Waals surface area contributed by atoms with Crippen molar-refractivity contribution in [2.45, 2.75) is 328 Å². The third-order valence-corrected chi connectivity index (χ3v) is 15.4. The van der Waals surface area contributed by atoms with E-state index in [1.54, 1.807) is 0 Å². The van der Waals surface area contributed by atoms with E-state index in [2.05, 4.69) is 38.2 Å². The lowest BCUT2D eigenvalue weighted by Gasteiger charge is -2.27. The zero-order valence-corrected chi connectivity index (χ0v) is 50.3. The van der Waals surface area contributed by atoms with Gasteiger partial charge in [-0.25, -0.2) is 4.57 Å². The Bertz CT molecular complexity index is 1300. The van der Waals surface area contributed by atoms with E-state index >= 15 is 0 Å². The van der Waals surface area contributed by atoms with Crippen LogP contribution in [0.1, 0.15) is 316 Å². The third-order valence-electron chi connectivity index (χ3n) is 14.4. The molecule has 0 aromatic carbocycles. The van der Waals surface area contributed by atoms with E-state index in [9.17, 15) is 19.0 Å². The zero-order valence-electron chi connectivity index (χ0n) is 49.4. The molecule has 3 atom stereocenters. The number of carbonyl (C=O) groups excluding carboxylic acids is 2. The minimum atomic E-state index is -4.44. The van der Waals surface area contributed by atoms with Gasteiger partial charge in [-0.05, 0) is 57.4 Å². The highest BCUT2D eigenvalue weighted by molar-refractivity contribution is 7.47. The lowest BCUT2D eigenvalue weighted by Crippen LogP contribution is -2.47. The maximum absolute atomic E-state index is 13.5. The number of allylic oxidation sites excluding steroid dienone is 3. The Morgan fingerprint density at radius 1 is 0.466 bits per heavy atom. The molecule has 0 aromatic heterocycles. The van der Waals surface area contributed by atoms with E-state index < -0.39 is 20.0 Å². The van der Waals surface area contributed by atoms with Gasteiger partial charge in [0.1, 0.15) is 19.3 Å². The molecule has 0 fully saturated rings. The van der Waals surface area contributed by atoms with Crippen LogP contribution in [0.15, 0.2) is 24.3 Å². The van der Waals surface area contributed by atoms with Crippen molar-refractivity contribution < 1.29 is 37.3 Å². The Kier molecular flexibility index (Phi) is 52.8. The first-order valence-corrected chi connectivity index (χ1v) is 33.2. The van der Waals surface area contributed by atoms with Crippen LogP contribution in [0.25, 0.3) is 0 Å². The fourth-order valence-electron chi connectivity index (χ4n) is 9.47. The molecular weight excluding hydrogens is 928 g/mol. The summed E-state index contributed by atoms with van der Waals surface area (Å²) < 4.78 is 30.7. The number of ether oxygens (including phenoxy) is 1. The number of hydrogen-bond acceptors (Lipinski definition) is 6. The smallest absolute Gasteiger partial charge is 0.456 e. The summed E-state index contributed by atoms with van der Waals surface area (Å²) in [6, 6.07) is -0.842. The van der Waals surface area contributed by atoms with Crippen LogP contribution in [0.5, 0.6) is 0 Å². The van der Waals surface area contributed by atoms with Crippen LogP contribution in [-0.4, -0.2) is 74.3 Å². The summed E-state index contributed by atoms with van der Waals surface area (Å²) in [5.74, 6) is -0.489. The largest absolute Gasteiger partial charge is 0.472 e. The molecule has 0 spiro atoms. The van der Waals surface area contributed by atoms with Crippen LogP contribution in [0.2, 0.25) is 0 Å². The van der Waals surface area contributed by atoms with Gasteiger partial charge in [0, 0.05) is 12.8 Å². The lowest BCUT2D eigenvalue weighted by atomic mass is 10.0. The molecule has 0 heterocycles. The van der Waals surface area contributed by atoms with E-state index in [1.165, 1.54) is 225 Å². The first kappa shape index (κ1) is 71.5. The Morgan fingerprint density at radius 3 is 1.16 bits per heavy atom. The average molecular weight is 1050 g/mol. The van der Waals surface area contributed by atoms with E-state index in [0.717, 1.165) is 57.8 Å². The van der Waals surface area contributed by atoms with Crippen molar-refractivity contribution >= 4 is 19.7 Å². The summed E-state index contributed by atoms with van der Waals surface area (Å²) in [5.41, 5.74) is 0. The standard InChI is InChI=1S/C63H123N2O7P/c1-7-10-13-16-19-22-25-28-29-30-31-32-33-34-35-38-40-43-46-49-52-55-62(66)64-60(59-71-73(68,69)70-58-57-65(4,5)6)61(54-51-48-45-42-39-36-26-23-20-17-14-11-8-2)72-63(67)56-53-50-47-44-41-37-27-24-21-18-15-12-9-3/h28-29,51,54,60-61H,7-27,30-50,52-53,55-59H2,1-6H3,(H-,64,66,68,69)/p+1/b29-28+,54-51-. The van der Waals surface area contributed by atoms with E-state index in [4.69, 9.17) is 13.8 Å². The molecule has 3 unspecified atom stereocenters. The summed E-state index contributed by atoms with van der Waals surface area (Å²) in [6.45, 7) is 7.05. The van der Waals surface area contributed by atoms with Gasteiger partial charge < -0.3 is 19.4 Å². The maximum Gasteiger partial charge on any atom is 0.472 e. The van der Waals surface area contributed by atoms with Crippen molar-refractivity contribution in [2.24, 2.45) is 0 Å². The maximum atomic E-state index is 13.5. The second-order valence-electron chi connectivity index (χ2n) is 22.9. The molecule has 0 aliphatic rings. The van der Waals surface area contributed by atoms with Gasteiger partial charge in [0.25, 0.3) is 0 Å². The van der Waals surface area contributed by atoms with Gasteiger partial charge in [-0.2, -0.15) is 0 Å². The van der Waals surface area contributed by atoms with Gasteiger partial charge in [0.05, 0.1) is 33.8 Å². The van der Waals surface area contributed by atoms with Crippen molar-refractivity contribution in [2.75, 3.05) is 40.9 Å². The molecule has 9 nitrogen and oxygen atoms in total. The summed E-state index contributed by atoms with van der Waals surface area (Å²) in [6.07, 6.45) is 63.1. The first-order valence-electron chi connectivity index (χ1n) is 31.7. The van der Waals surface area contributed by atoms with Gasteiger partial charge in [-0.3, -0.25) is 18.6 Å². The molecule has 1 amide bonds. The highest BCUT2D eigenvalue weighted by Gasteiger charge is 2.30. The quantitative estimate of drug-likeness (QED) is 0.0205. The van der Waals surface area contributed by atoms with Crippen molar-refractivity contribution in [3.05, 3.63) is 24.3 Å². The third kappa shape index (κ3) is 55.1. The van der Waals surface area contributed by atoms with Crippen LogP contribution in [-0.2, 0) is 27.9 Å². The summed E-state index contributed by atoms with van der Waals surface area (Å²) in [4.78, 5) is 37.7. The predicted molar refractivity (Wildman–Crippen MR) is 314 cm³/mol. The molecule has 0 aromatic rings. The van der Waals surface area contributed by atoms with Crippen LogP contribution in [0, 0.1) is 0 Å². The van der Waals surface area contributed by atoms with Crippen molar-refractivity contribution in [1.29, 1.82) is 0 Å². The normalized spacial score (nSPS) is 13.8. The fourth-order valence-corrected chi connectivity index (χ4v) is 10.2. The second-order valence-corrected chi connectivity index (χ2v) is 24.4. The molecule has 73 heavy (non-hydrogen) atoms. The average Bonchev–Trinajstić information content (AvgIpc) is 3.35. The minimum absolute atomic E-state index is 0.0438. The molecule has 0 radical (unpaired) electrons. The summed E-state index contributed by atoms with van der Waals surface area (Å²) >= 11 is 0. The number of esters is 1. The monoisotopic (exact) mass is 1050 g/mol. The molecular formula is C63H124N2O7P+. The topological polar surface area (TPSA) is 111 Å². The molecule has 432 valence electrons. The number of quaternary nitrogens is 1. The molecule has 0 saturated heterocycles. The minimum Gasteiger partial charge on any atom is -0.456 e. The number of nitrogens with zero attached hydrogens (tertiary/aromatic N) is 1. The number of hydrogen-bond donors (Lipinski definition) is 2. The Hall–Kier alpha value is -1.51. The number of phosphoric ester groups is 1. The van der Waals surface area contributed by atoms with Crippen molar-refractivity contribution in [3.63, 3.8) is 0 Å². The molecule has 0 aliphatic carbocycles. The zero-order chi connectivity index (χ0) is 53.6. The van der Waals surface area contributed by atoms with E-state index in [-0.39, 0.29) is 25.1 Å². The lowest BCUT2D eigenvalue weighted by molar-refractivity contribution is -0.870. The first-order chi connectivity index (χ1) is 35.4. The predicted octanol–water partition coefficient (Wildman–Crippen LogP) is 19.3. The highest BCUT2D eigenvalue weighted by atomic mass is 31.2. The number of carbonyl (C=O) groups is 2. The highest BCUT2D eigenvalue weighted by Crippen LogP contribution is 2.43. The second kappa shape index (κ2) is 53.9. The number of phosphoric acid groups is 1. The van der Waals surface area contributed by atoms with Crippen LogP contribution in [0.4, 0.5) is 0 Å². The molecule has 10 heteroatoms. The number of rotatable bonds is 58. The number of unbranched alkanes of at least 4 members (excludes halogenated alkanes) is 40. The molecule has 0 bridgehead atoms. The summed E-state index contributed by atoms with van der Waals surface area (Å²) in [7, 11) is 1.51. The van der Waals surface area contributed by atoms with Crippen molar-refractivity contribution in [1.82, 2.24) is 5.32 Å². The fraction of sp³-hybridized carbons (Fsp3) is 0.905. The van der Waals surface area contributed by atoms with Crippen LogP contribution in [0.3, 0.4) is 0 Å². The van der Waals surface area contributed by atoms with E-state index in [1.807, 2.05) is 33.3 Å². The van der Waals surface area contributed by atoms with Gasteiger partial charge in [0.15, 0.2) is 0 Å². The Labute approximate surface area is 454 Å². The SMILES string of the molecule is CCCCCCCC/C=C/CCCCCCCCCCCCCC(=O)NC(COP(=O)(O)OCC[N+](C)(C)C)C(/C=C\CCCCCCCCCCCCC)OC(=O)CCCCCCCCCCCCCCC. The molecule has 0 aliphatic heterocycles. The van der Waals surface area contributed by atoms with Crippen LogP contribution >= 0.6 is 7.82 Å².